The second kappa shape index (κ2) is 13.9. The van der Waals surface area contributed by atoms with Gasteiger partial charge < -0.3 is 28.9 Å². The highest BCUT2D eigenvalue weighted by molar-refractivity contribution is 8.10. The number of carbonyl (C=O) groups is 2. The van der Waals surface area contributed by atoms with Crippen molar-refractivity contribution in [3.8, 4) is 0 Å². The summed E-state index contributed by atoms with van der Waals surface area (Å²) in [6.07, 6.45) is -11.0. The largest absolute Gasteiger partial charge is 0.462 e. The molecule has 41 heavy (non-hydrogen) atoms. The van der Waals surface area contributed by atoms with E-state index in [4.69, 9.17) is 30.5 Å². The van der Waals surface area contributed by atoms with E-state index in [1.165, 1.54) is 13.8 Å². The highest BCUT2D eigenvalue weighted by Gasteiger charge is 2.61. The average molecular weight is 635 g/mol. The summed E-state index contributed by atoms with van der Waals surface area (Å²) in [6, 6.07) is -2.36. The summed E-state index contributed by atoms with van der Waals surface area (Å²) in [5, 5.41) is 26.4. The smallest absolute Gasteiger partial charge is 0.330 e. The van der Waals surface area contributed by atoms with Crippen LogP contribution in [0.1, 0.15) is 47.8 Å². The number of nitrogens with zero attached hydrogens (tertiary/aromatic N) is 1. The van der Waals surface area contributed by atoms with Gasteiger partial charge >= 0.3 is 17.6 Å². The molecule has 0 spiro atoms. The van der Waals surface area contributed by atoms with Gasteiger partial charge in [-0.05, 0) is 53.3 Å². The lowest BCUT2D eigenvalue weighted by Gasteiger charge is -2.35. The van der Waals surface area contributed by atoms with Crippen LogP contribution in [0.5, 0.6) is 0 Å². The van der Waals surface area contributed by atoms with Crippen LogP contribution in [0, 0.1) is 5.82 Å². The van der Waals surface area contributed by atoms with Gasteiger partial charge in [0.05, 0.1) is 25.0 Å². The van der Waals surface area contributed by atoms with Crippen molar-refractivity contribution in [1.29, 1.82) is 0 Å². The number of carbonyl (C=O) groups excluding carboxylic acids is 2. The summed E-state index contributed by atoms with van der Waals surface area (Å²) in [5.41, 5.74) is -5.77. The molecule has 2 rings (SSSR count). The zero-order valence-corrected chi connectivity index (χ0v) is 24.7. The number of aliphatic hydroxyl groups excluding tert-OH is 2. The van der Waals surface area contributed by atoms with Gasteiger partial charge in [-0.1, -0.05) is 0 Å². The van der Waals surface area contributed by atoms with Crippen molar-refractivity contribution in [2.24, 2.45) is 0 Å². The van der Waals surface area contributed by atoms with E-state index in [9.17, 15) is 42.6 Å². The number of hydrogen-bond donors (Lipinski definition) is 5. The summed E-state index contributed by atoms with van der Waals surface area (Å²) >= 11 is 5.50. The third-order valence-electron chi connectivity index (χ3n) is 5.63. The number of H-pyrrole nitrogens is 1. The Balaban J connectivity index is 2.42. The Kier molecular flexibility index (Phi) is 11.8. The van der Waals surface area contributed by atoms with Crippen molar-refractivity contribution in [3.63, 3.8) is 0 Å². The molecule has 1 aromatic rings. The fourth-order valence-corrected chi connectivity index (χ4v) is 6.58. The van der Waals surface area contributed by atoms with Gasteiger partial charge in [-0.2, -0.15) is 4.39 Å². The molecule has 2 heterocycles. The Hall–Kier alpha value is -2.18. The van der Waals surface area contributed by atoms with Crippen LogP contribution in [0.2, 0.25) is 0 Å². The maximum Gasteiger partial charge on any atom is 0.330 e. The summed E-state index contributed by atoms with van der Waals surface area (Å²) in [6.45, 7) is 3.91. The standard InChI is InChI=1S/C22H34F3N4O10PS/c1-9(2)37-18(33)11(5)27-40(41,28-12(6)19(34)38-10(3)4)36-8-22(20(24)25)15(31)14(30)17(39-22)29-7-13(23)16(32)26-21(29)35/h7,9-12,14-15,17,20,30-31H,8H2,1-6H3,(H,26,32,35)(H2,27,28,41)/t11-,12-,14-,15-,17+,22+/m0/s1. The highest BCUT2D eigenvalue weighted by Crippen LogP contribution is 2.46. The number of halogens is 3. The Morgan fingerprint density at radius 1 is 1.10 bits per heavy atom. The first-order chi connectivity index (χ1) is 18.8. The first-order valence-corrected chi connectivity index (χ1v) is 15.1. The number of aromatic amines is 1. The fourth-order valence-electron chi connectivity index (χ4n) is 3.63. The van der Waals surface area contributed by atoms with E-state index in [1.54, 1.807) is 32.7 Å². The number of rotatable bonds is 13. The molecule has 19 heteroatoms. The van der Waals surface area contributed by atoms with Crippen LogP contribution in [0.3, 0.4) is 0 Å². The summed E-state index contributed by atoms with van der Waals surface area (Å²) in [7, 11) is 0. The highest BCUT2D eigenvalue weighted by atomic mass is 32.4. The van der Waals surface area contributed by atoms with Crippen LogP contribution in [0.15, 0.2) is 15.8 Å². The van der Waals surface area contributed by atoms with Crippen LogP contribution in [0.25, 0.3) is 0 Å². The van der Waals surface area contributed by atoms with Crippen molar-refractivity contribution in [2.45, 2.75) is 96.3 Å². The van der Waals surface area contributed by atoms with Gasteiger partial charge in [-0.3, -0.25) is 23.9 Å². The second-order valence-electron chi connectivity index (χ2n) is 9.84. The van der Waals surface area contributed by atoms with E-state index in [0.717, 1.165) is 0 Å². The number of alkyl halides is 2. The maximum atomic E-state index is 14.5. The first kappa shape index (κ1) is 35.0. The molecule has 0 radical (unpaired) electrons. The lowest BCUT2D eigenvalue weighted by Crippen LogP contribution is -2.53. The minimum Gasteiger partial charge on any atom is -0.462 e. The van der Waals surface area contributed by atoms with Crippen molar-refractivity contribution in [3.05, 3.63) is 32.9 Å². The number of nitrogens with one attached hydrogen (secondary N) is 3. The van der Waals surface area contributed by atoms with Crippen LogP contribution in [0.4, 0.5) is 13.2 Å². The predicted molar refractivity (Wildman–Crippen MR) is 140 cm³/mol. The van der Waals surface area contributed by atoms with Crippen molar-refractivity contribution in [1.82, 2.24) is 19.7 Å². The molecule has 0 unspecified atom stereocenters. The first-order valence-electron chi connectivity index (χ1n) is 12.4. The normalized spacial score (nSPS) is 24.6. The van der Waals surface area contributed by atoms with Gasteiger partial charge in [0, 0.05) is 0 Å². The molecular weight excluding hydrogens is 600 g/mol. The maximum absolute atomic E-state index is 14.5. The van der Waals surface area contributed by atoms with E-state index >= 15 is 0 Å². The Morgan fingerprint density at radius 2 is 1.59 bits per heavy atom. The molecule has 1 saturated heterocycles. The molecule has 0 amide bonds. The molecule has 1 fully saturated rings. The lowest BCUT2D eigenvalue weighted by atomic mass is 9.96. The number of esters is 2. The van der Waals surface area contributed by atoms with E-state index in [2.05, 4.69) is 10.2 Å². The monoisotopic (exact) mass is 634 g/mol. The van der Waals surface area contributed by atoms with E-state index in [-0.39, 0.29) is 4.57 Å². The Morgan fingerprint density at radius 3 is 2.02 bits per heavy atom. The number of ether oxygens (including phenoxy) is 3. The molecule has 1 aliphatic rings. The van der Waals surface area contributed by atoms with Crippen molar-refractivity contribution >= 4 is 30.3 Å². The Labute approximate surface area is 237 Å². The zero-order valence-electron chi connectivity index (χ0n) is 23.0. The number of aliphatic hydroxyl groups is 2. The SMILES string of the molecule is CC(C)OC(=O)[C@H](C)NP(=S)(N[C@@H](C)C(=O)OC(C)C)OC[C@@]1(C(F)F)O[C@@H](n2cc(F)c(=O)[nH]c2=O)[C@@H](O)[C@@H]1O. The van der Waals surface area contributed by atoms with Crippen LogP contribution in [-0.4, -0.2) is 86.8 Å². The van der Waals surface area contributed by atoms with E-state index in [1.807, 2.05) is 0 Å². The van der Waals surface area contributed by atoms with Gasteiger partial charge in [-0.15, -0.1) is 0 Å². The van der Waals surface area contributed by atoms with Gasteiger partial charge in [0.1, 0.15) is 24.3 Å². The molecule has 0 aromatic carbocycles. The molecule has 14 nitrogen and oxygen atoms in total. The topological polar surface area (TPSA) is 190 Å². The molecule has 1 aromatic heterocycles. The average Bonchev–Trinajstić information content (AvgIpc) is 3.10. The lowest BCUT2D eigenvalue weighted by molar-refractivity contribution is -0.191. The van der Waals surface area contributed by atoms with Gasteiger partial charge in [0.15, 0.2) is 18.4 Å². The molecular formula is C22H34F3N4O10PS. The summed E-state index contributed by atoms with van der Waals surface area (Å²) in [5.74, 6) is -3.06. The quantitative estimate of drug-likeness (QED) is 0.144. The molecule has 1 aliphatic heterocycles. The molecule has 234 valence electrons. The second-order valence-corrected chi connectivity index (χ2v) is 13.3. The molecule has 0 bridgehead atoms. The van der Waals surface area contributed by atoms with Gasteiger partial charge in [-0.25, -0.2) is 23.7 Å². The molecule has 0 saturated carbocycles. The van der Waals surface area contributed by atoms with E-state index in [0.29, 0.717) is 6.20 Å². The third kappa shape index (κ3) is 8.44. The molecule has 6 atom stereocenters. The molecule has 0 aliphatic carbocycles. The Bertz CT molecular complexity index is 1230. The minimum absolute atomic E-state index is 0.287. The minimum atomic E-state index is -3.87. The van der Waals surface area contributed by atoms with Gasteiger partial charge in [0.25, 0.3) is 12.0 Å². The zero-order chi connectivity index (χ0) is 31.4. The van der Waals surface area contributed by atoms with E-state index < -0.39 is 96.9 Å². The number of aromatic nitrogens is 2. The number of hydrogen-bond acceptors (Lipinski definition) is 11. The third-order valence-corrected chi connectivity index (χ3v) is 8.53. The van der Waals surface area contributed by atoms with Gasteiger partial charge in [0.2, 0.25) is 5.82 Å². The van der Waals surface area contributed by atoms with Crippen LogP contribution < -0.4 is 21.4 Å². The predicted octanol–water partition coefficient (Wildman–Crippen LogP) is 0.0307. The molecule has 5 N–H and O–H groups in total. The van der Waals surface area contributed by atoms with Crippen molar-refractivity contribution < 1.29 is 51.7 Å². The van der Waals surface area contributed by atoms with Crippen LogP contribution in [-0.2, 0) is 40.1 Å². The fraction of sp³-hybridized carbons (Fsp3) is 0.727. The summed E-state index contributed by atoms with van der Waals surface area (Å²) < 4.78 is 64.2. The van der Waals surface area contributed by atoms with Crippen molar-refractivity contribution in [2.75, 3.05) is 6.61 Å². The van der Waals surface area contributed by atoms with Crippen LogP contribution >= 0.6 is 6.57 Å². The summed E-state index contributed by atoms with van der Waals surface area (Å²) in [4.78, 5) is 50.0.